The number of aryl methyl sites for hydroxylation is 1. The van der Waals surface area contributed by atoms with E-state index < -0.39 is 22.6 Å². The Labute approximate surface area is 222 Å². The summed E-state index contributed by atoms with van der Waals surface area (Å²) in [6, 6.07) is 17.8. The first-order chi connectivity index (χ1) is 17.9. The zero-order chi connectivity index (χ0) is 25.9. The smallest absolute Gasteiger partial charge is 0.355 e. The number of hydrogen-bond acceptors (Lipinski definition) is 9. The van der Waals surface area contributed by atoms with E-state index in [2.05, 4.69) is 20.8 Å². The van der Waals surface area contributed by atoms with Gasteiger partial charge in [-0.1, -0.05) is 60.7 Å². The van der Waals surface area contributed by atoms with E-state index in [1.54, 1.807) is 7.05 Å². The van der Waals surface area contributed by atoms with E-state index in [9.17, 15) is 14.4 Å². The van der Waals surface area contributed by atoms with Crippen molar-refractivity contribution < 1.29 is 19.1 Å². The maximum atomic E-state index is 13.4. The second-order valence-corrected chi connectivity index (χ2v) is 10.2. The van der Waals surface area contributed by atoms with Crippen LogP contribution in [0.3, 0.4) is 0 Å². The highest BCUT2D eigenvalue weighted by atomic mass is 32.2. The third kappa shape index (κ3) is 5.12. The molecule has 1 saturated heterocycles. The Morgan fingerprint density at radius 1 is 1.14 bits per heavy atom. The molecule has 3 atom stereocenters. The molecule has 5 rings (SSSR count). The molecule has 2 aliphatic rings. The van der Waals surface area contributed by atoms with E-state index in [-0.39, 0.29) is 30.5 Å². The number of hydrogen-bond donors (Lipinski definition) is 2. The molecule has 12 heteroatoms. The van der Waals surface area contributed by atoms with Gasteiger partial charge in [0, 0.05) is 12.8 Å². The summed E-state index contributed by atoms with van der Waals surface area (Å²) in [6.45, 7) is 0.0519. The van der Waals surface area contributed by atoms with Crippen molar-refractivity contribution in [1.82, 2.24) is 30.4 Å². The molecule has 2 aliphatic heterocycles. The molecule has 3 unspecified atom stereocenters. The molecule has 0 radical (unpaired) electrons. The number of amides is 2. The van der Waals surface area contributed by atoms with Gasteiger partial charge in [-0.15, -0.1) is 16.9 Å². The average molecular weight is 537 g/mol. The molecule has 0 saturated carbocycles. The van der Waals surface area contributed by atoms with Crippen molar-refractivity contribution in [1.29, 1.82) is 0 Å². The lowest BCUT2D eigenvalue weighted by atomic mass is 10.0. The number of nitrogens with zero attached hydrogens (tertiary/aromatic N) is 5. The van der Waals surface area contributed by atoms with E-state index in [0.717, 1.165) is 11.1 Å². The maximum Gasteiger partial charge on any atom is 0.355 e. The van der Waals surface area contributed by atoms with E-state index in [0.29, 0.717) is 17.2 Å². The van der Waals surface area contributed by atoms with Gasteiger partial charge in [0.05, 0.1) is 11.7 Å². The predicted octanol–water partition coefficient (Wildman–Crippen LogP) is 1.82. The normalized spacial score (nSPS) is 19.6. The third-order valence-corrected chi connectivity index (χ3v) is 8.00. The second kappa shape index (κ2) is 10.8. The molecule has 2 aromatic carbocycles. The average Bonchev–Trinajstić information content (AvgIpc) is 3.36. The molecular weight excluding hydrogens is 512 g/mol. The minimum Gasteiger partial charge on any atom is -0.456 e. The van der Waals surface area contributed by atoms with Crippen LogP contribution in [0, 0.1) is 0 Å². The number of β-lactam (4-membered cyclic amide) rings is 1. The number of thiol groups is 1. The number of carbonyl (C=O) groups is 3. The molecule has 0 aliphatic carbocycles. The Kier molecular flexibility index (Phi) is 7.28. The van der Waals surface area contributed by atoms with Crippen LogP contribution in [-0.4, -0.2) is 60.1 Å². The second-order valence-electron chi connectivity index (χ2n) is 8.62. The molecular formula is C25H24N6O4S2. The first kappa shape index (κ1) is 25.0. The van der Waals surface area contributed by atoms with E-state index in [1.807, 2.05) is 60.7 Å². The predicted molar refractivity (Wildman–Crippen MR) is 139 cm³/mol. The summed E-state index contributed by atoms with van der Waals surface area (Å²) in [5.41, 5.74) is 2.37. The number of esters is 1. The molecule has 3 aromatic rings. The van der Waals surface area contributed by atoms with Gasteiger partial charge in [-0.3, -0.25) is 14.5 Å². The highest BCUT2D eigenvalue weighted by molar-refractivity contribution is 8.00. The minimum absolute atomic E-state index is 0.0519. The first-order valence-corrected chi connectivity index (χ1v) is 13.1. The summed E-state index contributed by atoms with van der Waals surface area (Å²) in [4.78, 5) is 40.7. The van der Waals surface area contributed by atoms with Gasteiger partial charge in [-0.2, -0.15) is 12.6 Å². The SMILES string of the molecule is Cn1nnnc1C(S)C1=C(C(=O)OCc2ccccc2)N2C(=O)C(NC(=O)Cc3ccccc3)C2SC1. The molecule has 1 N–H and O–H groups in total. The molecule has 3 heterocycles. The maximum absolute atomic E-state index is 13.4. The van der Waals surface area contributed by atoms with E-state index in [1.165, 1.54) is 21.3 Å². The Bertz CT molecular complexity index is 1350. The van der Waals surface area contributed by atoms with E-state index in [4.69, 9.17) is 17.4 Å². The van der Waals surface area contributed by atoms with Crippen LogP contribution in [0.1, 0.15) is 22.2 Å². The summed E-state index contributed by atoms with van der Waals surface area (Å²) in [7, 11) is 1.68. The topological polar surface area (TPSA) is 119 Å². The largest absolute Gasteiger partial charge is 0.456 e. The van der Waals surface area contributed by atoms with Crippen molar-refractivity contribution in [2.75, 3.05) is 5.75 Å². The van der Waals surface area contributed by atoms with Crippen LogP contribution in [0.15, 0.2) is 71.9 Å². The third-order valence-electron chi connectivity index (χ3n) is 6.16. The van der Waals surface area contributed by atoms with Gasteiger partial charge in [0.2, 0.25) is 5.91 Å². The summed E-state index contributed by atoms with van der Waals surface area (Å²) < 4.78 is 7.08. The molecule has 1 aromatic heterocycles. The van der Waals surface area contributed by atoms with Crippen LogP contribution >= 0.6 is 24.4 Å². The van der Waals surface area contributed by atoms with Gasteiger partial charge in [-0.05, 0) is 27.1 Å². The molecule has 37 heavy (non-hydrogen) atoms. The lowest BCUT2D eigenvalue weighted by molar-refractivity contribution is -0.153. The number of benzene rings is 2. The van der Waals surface area contributed by atoms with Gasteiger partial charge in [-0.25, -0.2) is 9.48 Å². The molecule has 0 bridgehead atoms. The monoisotopic (exact) mass is 536 g/mol. The quantitative estimate of drug-likeness (QED) is 0.254. The van der Waals surface area contributed by atoms with Crippen molar-refractivity contribution in [3.63, 3.8) is 0 Å². The number of nitrogens with one attached hydrogen (secondary N) is 1. The molecule has 10 nitrogen and oxygen atoms in total. The van der Waals surface area contributed by atoms with Crippen LogP contribution in [0.2, 0.25) is 0 Å². The van der Waals surface area contributed by atoms with Crippen molar-refractivity contribution >= 4 is 42.2 Å². The number of rotatable bonds is 8. The summed E-state index contributed by atoms with van der Waals surface area (Å²) >= 11 is 6.14. The Hall–Kier alpha value is -3.64. The lowest BCUT2D eigenvalue weighted by Crippen LogP contribution is -2.70. The summed E-state index contributed by atoms with van der Waals surface area (Å²) in [5, 5.41) is 13.3. The Morgan fingerprint density at radius 3 is 2.46 bits per heavy atom. The number of fused-ring (bicyclic) bond motifs is 1. The molecule has 1 fully saturated rings. The van der Waals surface area contributed by atoms with Gasteiger partial charge in [0.25, 0.3) is 5.91 Å². The van der Waals surface area contributed by atoms with Crippen LogP contribution < -0.4 is 5.32 Å². The zero-order valence-corrected chi connectivity index (χ0v) is 21.6. The van der Waals surface area contributed by atoms with Crippen LogP contribution in [0.5, 0.6) is 0 Å². The number of ether oxygens (including phenoxy) is 1. The van der Waals surface area contributed by atoms with Crippen molar-refractivity contribution in [2.24, 2.45) is 7.05 Å². The minimum atomic E-state index is -0.741. The highest BCUT2D eigenvalue weighted by Gasteiger charge is 2.55. The number of thioether (sulfide) groups is 1. The van der Waals surface area contributed by atoms with Gasteiger partial charge in [0.1, 0.15) is 23.7 Å². The standard InChI is InChI=1S/C25H24N6O4S2/c1-30-22(27-28-29-30)21(36)17-14-37-24-19(26-18(32)12-15-8-4-2-5-9-15)23(33)31(24)20(17)25(34)35-13-16-10-6-3-7-11-16/h2-11,19,21,24,36H,12-14H2,1H3,(H,26,32). The molecule has 190 valence electrons. The fourth-order valence-corrected chi connectivity index (χ4v) is 6.21. The van der Waals surface area contributed by atoms with Crippen LogP contribution in [-0.2, 0) is 39.2 Å². The van der Waals surface area contributed by atoms with Crippen LogP contribution in [0.25, 0.3) is 0 Å². The van der Waals surface area contributed by atoms with Gasteiger partial charge in [0.15, 0.2) is 5.82 Å². The summed E-state index contributed by atoms with van der Waals surface area (Å²) in [6.07, 6.45) is 0.160. The van der Waals surface area contributed by atoms with Gasteiger partial charge >= 0.3 is 5.97 Å². The fourth-order valence-electron chi connectivity index (χ4n) is 4.26. The lowest BCUT2D eigenvalue weighted by Gasteiger charge is -2.50. The zero-order valence-electron chi connectivity index (χ0n) is 19.9. The van der Waals surface area contributed by atoms with Crippen molar-refractivity contribution in [2.45, 2.75) is 29.7 Å². The van der Waals surface area contributed by atoms with Crippen LogP contribution in [0.4, 0.5) is 0 Å². The van der Waals surface area contributed by atoms with E-state index >= 15 is 0 Å². The summed E-state index contributed by atoms with van der Waals surface area (Å²) in [5.74, 6) is -0.451. The number of tetrazole rings is 1. The number of carbonyl (C=O) groups excluding carboxylic acids is 3. The Morgan fingerprint density at radius 2 is 1.81 bits per heavy atom. The molecule has 2 amide bonds. The van der Waals surface area contributed by atoms with Gasteiger partial charge < -0.3 is 10.1 Å². The van der Waals surface area contributed by atoms with Crippen molar-refractivity contribution in [3.05, 3.63) is 88.9 Å². The number of aromatic nitrogens is 4. The van der Waals surface area contributed by atoms with Crippen molar-refractivity contribution in [3.8, 4) is 0 Å². The highest BCUT2D eigenvalue weighted by Crippen LogP contribution is 2.45. The Balaban J connectivity index is 1.38. The first-order valence-electron chi connectivity index (χ1n) is 11.6. The molecule has 0 spiro atoms. The fraction of sp³-hybridized carbons (Fsp3) is 0.280.